The van der Waals surface area contributed by atoms with Crippen molar-refractivity contribution >= 4 is 17.5 Å². The van der Waals surface area contributed by atoms with E-state index in [0.717, 1.165) is 18.8 Å². The molecule has 0 bridgehead atoms. The van der Waals surface area contributed by atoms with E-state index in [-0.39, 0.29) is 11.5 Å². The van der Waals surface area contributed by atoms with Gasteiger partial charge in [-0.15, -0.1) is 0 Å². The number of hydrogen-bond donors (Lipinski definition) is 1. The molecule has 2 rings (SSSR count). The Morgan fingerprint density at radius 1 is 1.37 bits per heavy atom. The molecule has 1 saturated carbocycles. The average Bonchev–Trinajstić information content (AvgIpc) is 2.40. The van der Waals surface area contributed by atoms with E-state index in [1.165, 1.54) is 31.0 Å². The van der Waals surface area contributed by atoms with Gasteiger partial charge in [-0.25, -0.2) is 4.39 Å². The van der Waals surface area contributed by atoms with Gasteiger partial charge in [-0.3, -0.25) is 4.79 Å². The van der Waals surface area contributed by atoms with Crippen molar-refractivity contribution in [2.45, 2.75) is 32.6 Å². The molecule has 0 saturated heterocycles. The quantitative estimate of drug-likeness (QED) is 0.891. The highest BCUT2D eigenvalue weighted by Crippen LogP contribution is 2.27. The number of benzene rings is 1. The Morgan fingerprint density at radius 2 is 2.05 bits per heavy atom. The second-order valence-electron chi connectivity index (χ2n) is 5.46. The van der Waals surface area contributed by atoms with Gasteiger partial charge in [-0.2, -0.15) is 0 Å². The number of nitrogens with one attached hydrogen (secondary N) is 1. The summed E-state index contributed by atoms with van der Waals surface area (Å²) < 4.78 is 13.5. The maximum atomic E-state index is 13.5. The molecule has 1 fully saturated rings. The fourth-order valence-electron chi connectivity index (χ4n) is 2.54. The van der Waals surface area contributed by atoms with Crippen molar-refractivity contribution in [1.82, 2.24) is 5.32 Å². The fourth-order valence-corrected chi connectivity index (χ4v) is 2.71. The number of halogens is 2. The standard InChI is InChI=1S/C15H19ClFNO/c1-10-2-4-11(5-3-10)9-18-15(19)13-8-12(16)6-7-14(13)17/h6-8,10-11H,2-5,9H2,1H3,(H,18,19). The van der Waals surface area contributed by atoms with Crippen molar-refractivity contribution in [1.29, 1.82) is 0 Å². The molecule has 0 unspecified atom stereocenters. The summed E-state index contributed by atoms with van der Waals surface area (Å²) in [5.41, 5.74) is 0.0247. The molecule has 1 aliphatic carbocycles. The van der Waals surface area contributed by atoms with E-state index in [1.54, 1.807) is 0 Å². The van der Waals surface area contributed by atoms with Gasteiger partial charge in [0.2, 0.25) is 0 Å². The van der Waals surface area contributed by atoms with Gasteiger partial charge in [-0.1, -0.05) is 31.4 Å². The molecule has 4 heteroatoms. The Morgan fingerprint density at radius 3 is 2.74 bits per heavy atom. The first-order chi connectivity index (χ1) is 9.06. The summed E-state index contributed by atoms with van der Waals surface area (Å²) in [5, 5.41) is 3.19. The number of carbonyl (C=O) groups is 1. The highest BCUT2D eigenvalue weighted by atomic mass is 35.5. The van der Waals surface area contributed by atoms with Crippen LogP contribution in [0.5, 0.6) is 0 Å². The topological polar surface area (TPSA) is 29.1 Å². The maximum absolute atomic E-state index is 13.5. The second-order valence-corrected chi connectivity index (χ2v) is 5.90. The van der Waals surface area contributed by atoms with E-state index in [2.05, 4.69) is 12.2 Å². The van der Waals surface area contributed by atoms with Crippen LogP contribution in [0.25, 0.3) is 0 Å². The van der Waals surface area contributed by atoms with Crippen molar-refractivity contribution in [2.75, 3.05) is 6.54 Å². The third-order valence-electron chi connectivity index (χ3n) is 3.86. The van der Waals surface area contributed by atoms with Crippen LogP contribution in [0.3, 0.4) is 0 Å². The van der Waals surface area contributed by atoms with Gasteiger partial charge < -0.3 is 5.32 Å². The SMILES string of the molecule is CC1CCC(CNC(=O)c2cc(Cl)ccc2F)CC1. The zero-order valence-electron chi connectivity index (χ0n) is 11.1. The molecule has 0 aromatic heterocycles. The lowest BCUT2D eigenvalue weighted by molar-refractivity contribution is 0.0938. The van der Waals surface area contributed by atoms with Crippen LogP contribution in [0.4, 0.5) is 4.39 Å². The van der Waals surface area contributed by atoms with Crippen LogP contribution in [-0.2, 0) is 0 Å². The van der Waals surface area contributed by atoms with E-state index in [0.29, 0.717) is 17.5 Å². The van der Waals surface area contributed by atoms with Gasteiger partial charge in [0.15, 0.2) is 0 Å². The predicted molar refractivity (Wildman–Crippen MR) is 74.9 cm³/mol. The predicted octanol–water partition coefficient (Wildman–Crippen LogP) is 4.04. The Labute approximate surface area is 118 Å². The van der Waals surface area contributed by atoms with Crippen LogP contribution in [0.1, 0.15) is 43.0 Å². The molecule has 1 aromatic rings. The molecule has 1 aliphatic rings. The molecule has 2 nitrogen and oxygen atoms in total. The molecule has 0 spiro atoms. The van der Waals surface area contributed by atoms with Crippen LogP contribution in [-0.4, -0.2) is 12.5 Å². The van der Waals surface area contributed by atoms with E-state index < -0.39 is 5.82 Å². The van der Waals surface area contributed by atoms with Crippen molar-refractivity contribution in [3.8, 4) is 0 Å². The first kappa shape index (κ1) is 14.3. The molecule has 19 heavy (non-hydrogen) atoms. The van der Waals surface area contributed by atoms with E-state index in [1.807, 2.05) is 0 Å². The molecule has 0 heterocycles. The maximum Gasteiger partial charge on any atom is 0.254 e. The molecular formula is C15H19ClFNO. The number of hydrogen-bond acceptors (Lipinski definition) is 1. The van der Waals surface area contributed by atoms with Crippen molar-refractivity contribution < 1.29 is 9.18 Å². The Kier molecular flexibility index (Phi) is 4.81. The smallest absolute Gasteiger partial charge is 0.254 e. The summed E-state index contributed by atoms with van der Waals surface area (Å²) in [6.07, 6.45) is 4.71. The molecule has 1 N–H and O–H groups in total. The van der Waals surface area contributed by atoms with Crippen LogP contribution in [0, 0.1) is 17.7 Å². The second kappa shape index (κ2) is 6.38. The summed E-state index contributed by atoms with van der Waals surface area (Å²) >= 11 is 5.78. The molecule has 0 radical (unpaired) electrons. The molecule has 1 amide bonds. The summed E-state index contributed by atoms with van der Waals surface area (Å²) in [6.45, 7) is 2.88. The van der Waals surface area contributed by atoms with Crippen molar-refractivity contribution in [3.05, 3.63) is 34.6 Å². The summed E-state index contributed by atoms with van der Waals surface area (Å²) in [6, 6.07) is 4.03. The number of rotatable bonds is 3. The van der Waals surface area contributed by atoms with Gasteiger partial charge in [0.1, 0.15) is 5.82 Å². The van der Waals surface area contributed by atoms with Gasteiger partial charge in [0, 0.05) is 11.6 Å². The zero-order chi connectivity index (χ0) is 13.8. The van der Waals surface area contributed by atoms with Gasteiger partial charge in [0.25, 0.3) is 5.91 Å². The van der Waals surface area contributed by atoms with Gasteiger partial charge in [0.05, 0.1) is 5.56 Å². The minimum Gasteiger partial charge on any atom is -0.352 e. The third kappa shape index (κ3) is 3.93. The highest BCUT2D eigenvalue weighted by Gasteiger charge is 2.19. The first-order valence-corrected chi connectivity index (χ1v) is 7.17. The summed E-state index contributed by atoms with van der Waals surface area (Å²) in [7, 11) is 0. The Bertz CT molecular complexity index is 455. The first-order valence-electron chi connectivity index (χ1n) is 6.79. The fraction of sp³-hybridized carbons (Fsp3) is 0.533. The molecule has 1 aromatic carbocycles. The lowest BCUT2D eigenvalue weighted by Gasteiger charge is -2.26. The van der Waals surface area contributed by atoms with Gasteiger partial charge >= 0.3 is 0 Å². The van der Waals surface area contributed by atoms with Crippen molar-refractivity contribution in [3.63, 3.8) is 0 Å². The normalized spacial score (nSPS) is 23.1. The summed E-state index contributed by atoms with van der Waals surface area (Å²) in [5.74, 6) is 0.400. The average molecular weight is 284 g/mol. The highest BCUT2D eigenvalue weighted by molar-refractivity contribution is 6.30. The Balaban J connectivity index is 1.89. The molecule has 0 aliphatic heterocycles. The molecular weight excluding hydrogens is 265 g/mol. The lowest BCUT2D eigenvalue weighted by atomic mass is 9.83. The number of carbonyl (C=O) groups excluding carboxylic acids is 1. The third-order valence-corrected chi connectivity index (χ3v) is 4.09. The lowest BCUT2D eigenvalue weighted by Crippen LogP contribution is -2.31. The molecule has 104 valence electrons. The Hall–Kier alpha value is -1.09. The largest absolute Gasteiger partial charge is 0.352 e. The van der Waals surface area contributed by atoms with Crippen LogP contribution in [0.15, 0.2) is 18.2 Å². The zero-order valence-corrected chi connectivity index (χ0v) is 11.8. The monoisotopic (exact) mass is 283 g/mol. The van der Waals surface area contributed by atoms with E-state index in [4.69, 9.17) is 11.6 Å². The van der Waals surface area contributed by atoms with Crippen LogP contribution in [0.2, 0.25) is 5.02 Å². The van der Waals surface area contributed by atoms with E-state index in [9.17, 15) is 9.18 Å². The van der Waals surface area contributed by atoms with E-state index >= 15 is 0 Å². The minimum atomic E-state index is -0.529. The number of amides is 1. The van der Waals surface area contributed by atoms with Crippen LogP contribution < -0.4 is 5.32 Å². The minimum absolute atomic E-state index is 0.0247. The molecule has 0 atom stereocenters. The van der Waals surface area contributed by atoms with Crippen molar-refractivity contribution in [2.24, 2.45) is 11.8 Å². The van der Waals surface area contributed by atoms with Crippen LogP contribution >= 0.6 is 11.6 Å². The summed E-state index contributed by atoms with van der Waals surface area (Å²) in [4.78, 5) is 11.9. The van der Waals surface area contributed by atoms with Gasteiger partial charge in [-0.05, 0) is 42.9 Å².